The number of nitrogens with two attached hydrogens (primary N) is 1. The van der Waals surface area contributed by atoms with Crippen LogP contribution in [-0.4, -0.2) is 26.7 Å². The summed E-state index contributed by atoms with van der Waals surface area (Å²) in [6.45, 7) is 5.13. The van der Waals surface area contributed by atoms with Crippen molar-refractivity contribution in [3.63, 3.8) is 0 Å². The van der Waals surface area contributed by atoms with Gasteiger partial charge in [-0.15, -0.1) is 5.10 Å². The summed E-state index contributed by atoms with van der Waals surface area (Å²) in [6, 6.07) is 19.0. The van der Waals surface area contributed by atoms with Crippen molar-refractivity contribution in [1.82, 2.24) is 15.0 Å². The van der Waals surface area contributed by atoms with Gasteiger partial charge in [0.05, 0.1) is 5.70 Å². The van der Waals surface area contributed by atoms with E-state index in [2.05, 4.69) is 21.9 Å². The molecule has 3 aromatic carbocycles. The Morgan fingerprint density at radius 2 is 1.74 bits per heavy atom. The molecule has 0 aliphatic rings. The summed E-state index contributed by atoms with van der Waals surface area (Å²) in [5.74, 6) is 3.82. The van der Waals surface area contributed by atoms with Gasteiger partial charge in [0, 0.05) is 16.7 Å². The number of benzene rings is 3. The van der Waals surface area contributed by atoms with Gasteiger partial charge in [0.25, 0.3) is 5.90 Å². The average Bonchev–Trinajstić information content (AvgIpc) is 3.27. The first kappa shape index (κ1) is 22.7. The van der Waals surface area contributed by atoms with Gasteiger partial charge < -0.3 is 4.84 Å². The van der Waals surface area contributed by atoms with E-state index in [1.165, 1.54) is 29.8 Å². The highest BCUT2D eigenvalue weighted by atomic mass is 19.1. The number of carbonyl (C=O) groups is 1. The van der Waals surface area contributed by atoms with Crippen LogP contribution in [0, 0.1) is 11.6 Å². The zero-order valence-electron chi connectivity index (χ0n) is 18.1. The van der Waals surface area contributed by atoms with Gasteiger partial charge in [-0.05, 0) is 31.2 Å². The lowest BCUT2D eigenvalue weighted by molar-refractivity contribution is 0.101. The van der Waals surface area contributed by atoms with Crippen LogP contribution >= 0.6 is 0 Å². The number of aliphatic imine (C=N–C) groups is 1. The third-order valence-corrected chi connectivity index (χ3v) is 5.04. The molecular formula is C25H19F2N5O2. The smallest absolute Gasteiger partial charge is 0.268 e. The van der Waals surface area contributed by atoms with E-state index in [0.29, 0.717) is 11.3 Å². The predicted molar refractivity (Wildman–Crippen MR) is 124 cm³/mol. The fraction of sp³-hybridized carbons (Fsp3) is 0.0400. The summed E-state index contributed by atoms with van der Waals surface area (Å²) in [7, 11) is 0. The molecule has 0 bridgehead atoms. The number of carbonyl (C=O) groups excluding carboxylic acids is 1. The lowest BCUT2D eigenvalue weighted by atomic mass is 10.1. The lowest BCUT2D eigenvalue weighted by Gasteiger charge is -2.10. The SMILES string of the molecule is C=C(/N=C(\ON)c1nnn(-c2ccccc2F)c1-c1ccccc1)c1ccc(C(C)=O)cc1F. The average molecular weight is 459 g/mol. The van der Waals surface area contributed by atoms with Gasteiger partial charge in [0.1, 0.15) is 23.0 Å². The molecule has 0 radical (unpaired) electrons. The zero-order chi connectivity index (χ0) is 24.2. The minimum absolute atomic E-state index is 0.0208. The topological polar surface area (TPSA) is 95.4 Å². The summed E-state index contributed by atoms with van der Waals surface area (Å²) < 4.78 is 30.5. The van der Waals surface area contributed by atoms with Gasteiger partial charge in [-0.1, -0.05) is 60.3 Å². The molecule has 0 saturated carbocycles. The molecule has 0 fully saturated rings. The summed E-state index contributed by atoms with van der Waals surface area (Å²) >= 11 is 0. The Morgan fingerprint density at radius 1 is 1.03 bits per heavy atom. The van der Waals surface area contributed by atoms with Crippen LogP contribution in [-0.2, 0) is 4.84 Å². The highest BCUT2D eigenvalue weighted by molar-refractivity contribution is 6.01. The van der Waals surface area contributed by atoms with E-state index in [-0.39, 0.29) is 39.9 Å². The monoisotopic (exact) mass is 459 g/mol. The Hall–Kier alpha value is -4.50. The Bertz CT molecular complexity index is 1410. The van der Waals surface area contributed by atoms with Crippen LogP contribution in [0.4, 0.5) is 8.78 Å². The third-order valence-electron chi connectivity index (χ3n) is 5.04. The first-order valence-electron chi connectivity index (χ1n) is 10.1. The molecule has 4 aromatic rings. The van der Waals surface area contributed by atoms with Crippen molar-refractivity contribution in [2.24, 2.45) is 10.9 Å². The fourth-order valence-corrected chi connectivity index (χ4v) is 3.36. The van der Waals surface area contributed by atoms with E-state index in [4.69, 9.17) is 10.7 Å². The second-order valence-corrected chi connectivity index (χ2v) is 7.25. The van der Waals surface area contributed by atoms with Crippen molar-refractivity contribution in [3.05, 3.63) is 108 Å². The Labute approximate surface area is 193 Å². The number of rotatable bonds is 6. The Kier molecular flexibility index (Phi) is 6.37. The van der Waals surface area contributed by atoms with Crippen LogP contribution < -0.4 is 5.90 Å². The standard InChI is InChI=1S/C25H19F2N5O2/c1-15(19-13-12-18(16(2)33)14-21(19)27)29-25(34-28)23-24(17-8-4-3-5-9-17)32(31-30-23)22-11-7-6-10-20(22)26/h3-14H,1,28H2,2H3/b29-25-. The third kappa shape index (κ3) is 4.37. The highest BCUT2D eigenvalue weighted by Gasteiger charge is 2.24. The number of aromatic nitrogens is 3. The summed E-state index contributed by atoms with van der Waals surface area (Å²) in [5.41, 5.74) is 1.48. The van der Waals surface area contributed by atoms with Crippen LogP contribution in [0.25, 0.3) is 22.6 Å². The summed E-state index contributed by atoms with van der Waals surface area (Å²) in [4.78, 5) is 20.7. The maximum Gasteiger partial charge on any atom is 0.268 e. The molecule has 9 heteroatoms. The first-order chi connectivity index (χ1) is 16.4. The highest BCUT2D eigenvalue weighted by Crippen LogP contribution is 2.28. The maximum atomic E-state index is 14.6. The minimum Gasteiger partial charge on any atom is -0.389 e. The largest absolute Gasteiger partial charge is 0.389 e. The van der Waals surface area contributed by atoms with Gasteiger partial charge >= 0.3 is 0 Å². The Morgan fingerprint density at radius 3 is 2.38 bits per heavy atom. The molecule has 0 atom stereocenters. The molecule has 170 valence electrons. The number of ketones is 1. The first-order valence-corrected chi connectivity index (χ1v) is 10.1. The number of para-hydroxylation sites is 1. The van der Waals surface area contributed by atoms with E-state index >= 15 is 0 Å². The second kappa shape index (κ2) is 9.55. The molecule has 0 unspecified atom stereocenters. The van der Waals surface area contributed by atoms with Crippen molar-refractivity contribution in [3.8, 4) is 16.9 Å². The second-order valence-electron chi connectivity index (χ2n) is 7.25. The molecule has 2 N–H and O–H groups in total. The molecule has 4 rings (SSSR count). The van der Waals surface area contributed by atoms with Gasteiger partial charge in [0.15, 0.2) is 11.5 Å². The van der Waals surface area contributed by atoms with Gasteiger partial charge in [-0.2, -0.15) is 5.90 Å². The predicted octanol–water partition coefficient (Wildman–Crippen LogP) is 4.72. The minimum atomic E-state index is -0.684. The molecule has 1 aromatic heterocycles. The zero-order valence-corrected chi connectivity index (χ0v) is 18.1. The summed E-state index contributed by atoms with van der Waals surface area (Å²) in [6.07, 6.45) is 0. The normalized spacial score (nSPS) is 11.4. The van der Waals surface area contributed by atoms with Crippen LogP contribution in [0.15, 0.2) is 84.4 Å². The quantitative estimate of drug-likeness (QED) is 0.195. The molecule has 0 spiro atoms. The molecule has 0 amide bonds. The van der Waals surface area contributed by atoms with Gasteiger partial charge in [-0.25, -0.2) is 18.5 Å². The lowest BCUT2D eigenvalue weighted by Crippen LogP contribution is -2.14. The van der Waals surface area contributed by atoms with Crippen LogP contribution in [0.5, 0.6) is 0 Å². The van der Waals surface area contributed by atoms with Crippen LogP contribution in [0.1, 0.15) is 28.5 Å². The van der Waals surface area contributed by atoms with Crippen LogP contribution in [0.2, 0.25) is 0 Å². The van der Waals surface area contributed by atoms with Crippen molar-refractivity contribution >= 4 is 17.4 Å². The molecule has 7 nitrogen and oxygen atoms in total. The van der Waals surface area contributed by atoms with E-state index in [0.717, 1.165) is 6.07 Å². The van der Waals surface area contributed by atoms with E-state index in [1.807, 2.05) is 6.07 Å². The number of Topliss-reactive ketones (excluding diaryl/α,β-unsaturated/α-hetero) is 1. The molecule has 0 aliphatic heterocycles. The molecule has 1 heterocycles. The Balaban J connectivity index is 1.84. The number of halogens is 2. The summed E-state index contributed by atoms with van der Waals surface area (Å²) in [5, 5.41) is 8.21. The number of hydrogen-bond acceptors (Lipinski definition) is 6. The maximum absolute atomic E-state index is 14.6. The molecule has 0 aliphatic carbocycles. The van der Waals surface area contributed by atoms with Crippen LogP contribution in [0.3, 0.4) is 0 Å². The van der Waals surface area contributed by atoms with E-state index in [1.54, 1.807) is 42.5 Å². The molecule has 34 heavy (non-hydrogen) atoms. The van der Waals surface area contributed by atoms with Crippen molar-refractivity contribution in [2.45, 2.75) is 6.92 Å². The van der Waals surface area contributed by atoms with Gasteiger partial charge in [0.2, 0.25) is 0 Å². The van der Waals surface area contributed by atoms with Gasteiger partial charge in [-0.3, -0.25) is 4.79 Å². The number of nitrogens with zero attached hydrogens (tertiary/aromatic N) is 4. The van der Waals surface area contributed by atoms with Crippen molar-refractivity contribution in [1.29, 1.82) is 0 Å². The van der Waals surface area contributed by atoms with E-state index in [9.17, 15) is 13.6 Å². The molecule has 0 saturated heterocycles. The number of hydrogen-bond donors (Lipinski definition) is 1. The van der Waals surface area contributed by atoms with Crippen molar-refractivity contribution in [2.75, 3.05) is 0 Å². The molecular weight excluding hydrogens is 440 g/mol. The fourth-order valence-electron chi connectivity index (χ4n) is 3.36. The van der Waals surface area contributed by atoms with Crippen molar-refractivity contribution < 1.29 is 18.4 Å². The van der Waals surface area contributed by atoms with E-state index < -0.39 is 11.6 Å².